The fraction of sp³-hybridized carbons (Fsp3) is 0.261. The molecule has 3 aromatic rings. The van der Waals surface area contributed by atoms with E-state index in [1.54, 1.807) is 30.1 Å². The number of amides is 1. The largest absolute Gasteiger partial charge is 0.497 e. The molecule has 0 aliphatic carbocycles. The summed E-state index contributed by atoms with van der Waals surface area (Å²) < 4.78 is 12.5. The number of aromatic amines is 1. The Balaban J connectivity index is 1.46. The highest BCUT2D eigenvalue weighted by atomic mass is 32.2. The Morgan fingerprint density at radius 2 is 2.03 bits per heavy atom. The number of nitrogens with zero attached hydrogens (tertiary/aromatic N) is 5. The topological polar surface area (TPSA) is 115 Å². The molecule has 4 heterocycles. The third kappa shape index (κ3) is 3.58. The fourth-order valence-corrected chi connectivity index (χ4v) is 5.30. The summed E-state index contributed by atoms with van der Waals surface area (Å²) in [5.41, 5.74) is 4.48. The molecule has 0 bridgehead atoms. The maximum Gasteiger partial charge on any atom is 0.356 e. The summed E-state index contributed by atoms with van der Waals surface area (Å²) in [6, 6.07) is 9.14. The van der Waals surface area contributed by atoms with E-state index in [4.69, 9.17) is 9.47 Å². The molecule has 1 saturated heterocycles. The number of ether oxygens (including phenoxy) is 2. The third-order valence-electron chi connectivity index (χ3n) is 5.89. The van der Waals surface area contributed by atoms with E-state index in [0.717, 1.165) is 16.8 Å². The summed E-state index contributed by atoms with van der Waals surface area (Å²) in [5, 5.41) is 14.7. The summed E-state index contributed by atoms with van der Waals surface area (Å²) in [5.74, 6) is -0.110. The minimum atomic E-state index is -0.574. The zero-order valence-corrected chi connectivity index (χ0v) is 19.8. The Labute approximate surface area is 199 Å². The Bertz CT molecular complexity index is 1320. The number of hydrogen-bond acceptors (Lipinski definition) is 8. The lowest BCUT2D eigenvalue weighted by molar-refractivity contribution is -0.146. The van der Waals surface area contributed by atoms with Gasteiger partial charge in [0.05, 0.1) is 23.8 Å². The number of methoxy groups -OCH3 is 1. The van der Waals surface area contributed by atoms with Gasteiger partial charge < -0.3 is 9.47 Å². The van der Waals surface area contributed by atoms with Gasteiger partial charge in [0.2, 0.25) is 0 Å². The van der Waals surface area contributed by atoms with Crippen molar-refractivity contribution in [2.45, 2.75) is 25.8 Å². The maximum atomic E-state index is 13.3. The van der Waals surface area contributed by atoms with Crippen LogP contribution in [-0.2, 0) is 28.0 Å². The van der Waals surface area contributed by atoms with Crippen LogP contribution >= 0.6 is 11.8 Å². The molecule has 1 amide bonds. The van der Waals surface area contributed by atoms with Crippen molar-refractivity contribution in [1.29, 1.82) is 0 Å². The second kappa shape index (κ2) is 8.49. The van der Waals surface area contributed by atoms with Crippen molar-refractivity contribution < 1.29 is 19.1 Å². The Kier molecular flexibility index (Phi) is 5.48. The lowest BCUT2D eigenvalue weighted by Crippen LogP contribution is -2.51. The molecule has 5 rings (SSSR count). The van der Waals surface area contributed by atoms with Crippen molar-refractivity contribution in [2.24, 2.45) is 7.05 Å². The van der Waals surface area contributed by atoms with Gasteiger partial charge in [-0.25, -0.2) is 4.79 Å². The molecule has 1 N–H and O–H groups in total. The van der Waals surface area contributed by atoms with Gasteiger partial charge in [-0.05, 0) is 43.2 Å². The highest BCUT2D eigenvalue weighted by Gasteiger charge is 2.54. The molecule has 2 aromatic heterocycles. The number of allylic oxidation sites excluding steroid dienone is 1. The van der Waals surface area contributed by atoms with Crippen molar-refractivity contribution in [1.82, 2.24) is 30.1 Å². The number of carbonyl (C=O) groups is 2. The molecule has 0 unspecified atom stereocenters. The first-order valence-corrected chi connectivity index (χ1v) is 11.4. The van der Waals surface area contributed by atoms with Crippen LogP contribution in [0.4, 0.5) is 0 Å². The van der Waals surface area contributed by atoms with Crippen molar-refractivity contribution in [3.63, 3.8) is 0 Å². The second-order valence-electron chi connectivity index (χ2n) is 7.94. The lowest BCUT2D eigenvalue weighted by Gasteiger charge is -2.38. The molecule has 174 valence electrons. The van der Waals surface area contributed by atoms with E-state index in [1.165, 1.54) is 16.7 Å². The van der Waals surface area contributed by atoms with Gasteiger partial charge in [-0.3, -0.25) is 14.4 Å². The highest BCUT2D eigenvalue weighted by molar-refractivity contribution is 8.09. The number of nitrogens with one attached hydrogen (secondary N) is 1. The summed E-state index contributed by atoms with van der Waals surface area (Å²) in [7, 11) is 3.43. The Morgan fingerprint density at radius 1 is 1.26 bits per heavy atom. The number of carbonyl (C=O) groups excluding carboxylic acids is 2. The monoisotopic (exact) mass is 478 g/mol. The van der Waals surface area contributed by atoms with Gasteiger partial charge in [-0.2, -0.15) is 20.5 Å². The number of β-lactam (4-membered cyclic amide) rings is 1. The van der Waals surface area contributed by atoms with Gasteiger partial charge in [0.25, 0.3) is 5.91 Å². The van der Waals surface area contributed by atoms with E-state index < -0.39 is 5.97 Å². The van der Waals surface area contributed by atoms with Crippen LogP contribution < -0.4 is 4.74 Å². The second-order valence-corrected chi connectivity index (χ2v) is 9.03. The van der Waals surface area contributed by atoms with E-state index in [0.29, 0.717) is 27.6 Å². The molecular formula is C23H22N6O4S. The third-order valence-corrected chi connectivity index (χ3v) is 7.20. The fourth-order valence-electron chi connectivity index (χ4n) is 3.86. The number of fused-ring (bicyclic) bond motifs is 1. The number of rotatable bonds is 6. The number of H-pyrrole nitrogens is 1. The molecule has 1 atom stereocenters. The van der Waals surface area contributed by atoms with E-state index in [9.17, 15) is 9.59 Å². The number of aryl methyl sites for hydroxylation is 2. The first kappa shape index (κ1) is 22.0. The predicted octanol–water partition coefficient (Wildman–Crippen LogP) is 2.66. The number of hydrogen-bond donors (Lipinski definition) is 1. The molecule has 34 heavy (non-hydrogen) atoms. The van der Waals surface area contributed by atoms with Gasteiger partial charge in [0.1, 0.15) is 34.8 Å². The Morgan fingerprint density at radius 3 is 2.65 bits per heavy atom. The van der Waals surface area contributed by atoms with Gasteiger partial charge >= 0.3 is 5.97 Å². The highest BCUT2D eigenvalue weighted by Crippen LogP contribution is 2.54. The molecule has 2 aliphatic rings. The SMILES string of the molecule is COc1ccc(COC(=O)C2=C(c3cc(C)n(C)n3)S[C@@H]3C(=C(C)c4cn[nH]n4)C(=O)N23)cc1. The van der Waals surface area contributed by atoms with Crippen LogP contribution in [0.3, 0.4) is 0 Å². The van der Waals surface area contributed by atoms with Crippen molar-refractivity contribution in [3.05, 3.63) is 70.4 Å². The van der Waals surface area contributed by atoms with Gasteiger partial charge in [-0.15, -0.1) is 0 Å². The van der Waals surface area contributed by atoms with Crippen LogP contribution in [0.1, 0.15) is 29.6 Å². The molecule has 10 nitrogen and oxygen atoms in total. The number of esters is 1. The first-order valence-electron chi connectivity index (χ1n) is 10.5. The average molecular weight is 479 g/mol. The lowest BCUT2D eigenvalue weighted by atomic mass is 9.97. The van der Waals surface area contributed by atoms with Crippen molar-refractivity contribution in [2.75, 3.05) is 7.11 Å². The zero-order valence-electron chi connectivity index (χ0n) is 19.0. The van der Waals surface area contributed by atoms with Gasteiger partial charge in [0, 0.05) is 12.7 Å². The van der Waals surface area contributed by atoms with Crippen LogP contribution in [0.2, 0.25) is 0 Å². The van der Waals surface area contributed by atoms with Crippen LogP contribution in [0.5, 0.6) is 5.75 Å². The normalized spacial score (nSPS) is 18.6. The van der Waals surface area contributed by atoms with Gasteiger partial charge in [-0.1, -0.05) is 23.9 Å². The molecule has 0 saturated carbocycles. The minimum absolute atomic E-state index is 0.0683. The maximum absolute atomic E-state index is 13.3. The smallest absolute Gasteiger partial charge is 0.356 e. The van der Waals surface area contributed by atoms with Crippen LogP contribution in [-0.4, -0.2) is 54.5 Å². The quantitative estimate of drug-likeness (QED) is 0.327. The van der Waals surface area contributed by atoms with Crippen molar-refractivity contribution >= 4 is 34.1 Å². The molecule has 1 fully saturated rings. The summed E-state index contributed by atoms with van der Waals surface area (Å²) in [6.07, 6.45) is 1.57. The number of benzene rings is 1. The van der Waals surface area contributed by atoms with E-state index in [1.807, 2.05) is 39.1 Å². The summed E-state index contributed by atoms with van der Waals surface area (Å²) >= 11 is 1.41. The molecule has 0 radical (unpaired) electrons. The zero-order chi connectivity index (χ0) is 24.0. The Hall–Kier alpha value is -3.86. The number of thioether (sulfide) groups is 1. The molecule has 1 aromatic carbocycles. The van der Waals surface area contributed by atoms with Crippen molar-refractivity contribution in [3.8, 4) is 5.75 Å². The summed E-state index contributed by atoms with van der Waals surface area (Å²) in [6.45, 7) is 3.82. The molecule has 0 spiro atoms. The minimum Gasteiger partial charge on any atom is -0.497 e. The van der Waals surface area contributed by atoms with Gasteiger partial charge in [0.15, 0.2) is 0 Å². The molecule has 2 aliphatic heterocycles. The first-order chi connectivity index (χ1) is 16.4. The molecular weight excluding hydrogens is 456 g/mol. The number of aromatic nitrogens is 5. The van der Waals surface area contributed by atoms with Crippen LogP contribution in [0.25, 0.3) is 10.5 Å². The van der Waals surface area contributed by atoms with E-state index in [-0.39, 0.29) is 23.6 Å². The summed E-state index contributed by atoms with van der Waals surface area (Å²) in [4.78, 5) is 28.6. The van der Waals surface area contributed by atoms with Crippen LogP contribution in [0.15, 0.2) is 47.8 Å². The van der Waals surface area contributed by atoms with Crippen LogP contribution in [0, 0.1) is 6.92 Å². The molecule has 11 heteroatoms. The standard InChI is InChI=1S/C23H22N6O4S/c1-12-9-16(26-28(12)3)20-19(23(31)33-11-14-5-7-15(32-4)8-6-14)29-21(30)18(22(29)34-20)13(2)17-10-24-27-25-17/h5-10,22H,11H2,1-4H3,(H,24,25,27)/t22-/m1/s1. The average Bonchev–Trinajstić information content (AvgIpc) is 3.56. The van der Waals surface area contributed by atoms with E-state index >= 15 is 0 Å². The van der Waals surface area contributed by atoms with E-state index in [2.05, 4.69) is 20.5 Å². The predicted molar refractivity (Wildman–Crippen MR) is 125 cm³/mol.